The molecule has 21 heavy (non-hydrogen) atoms. The molecule has 0 saturated heterocycles. The van der Waals surface area contributed by atoms with Gasteiger partial charge in [-0.3, -0.25) is 10.1 Å². The third kappa shape index (κ3) is 4.12. The number of anilines is 1. The molecule has 6 nitrogen and oxygen atoms in total. The lowest BCUT2D eigenvalue weighted by Crippen LogP contribution is -2.08. The second-order valence-corrected chi connectivity index (χ2v) is 4.77. The predicted octanol–water partition coefficient (Wildman–Crippen LogP) is 3.12. The second-order valence-electron chi connectivity index (χ2n) is 4.02. The number of hydrogen-bond donors (Lipinski definition) is 1. The highest BCUT2D eigenvalue weighted by molar-refractivity contribution is 7.09. The minimum Gasteiger partial charge on any atom is -0.360 e. The normalized spacial score (nSPS) is 11.4. The van der Waals surface area contributed by atoms with Gasteiger partial charge >= 0.3 is 6.18 Å². The molecule has 0 spiro atoms. The molecule has 1 N–H and O–H groups in total. The molecule has 0 aliphatic carbocycles. The third-order valence-corrected chi connectivity index (χ3v) is 3.19. The minimum atomic E-state index is -4.55. The summed E-state index contributed by atoms with van der Waals surface area (Å²) in [6.45, 7) is 0.351. The summed E-state index contributed by atoms with van der Waals surface area (Å²) in [4.78, 5) is 13.3. The highest BCUT2D eigenvalue weighted by atomic mass is 32.1. The van der Waals surface area contributed by atoms with Crippen molar-refractivity contribution in [3.05, 3.63) is 45.8 Å². The number of nitro groups is 1. The quantitative estimate of drug-likeness (QED) is 0.676. The number of non-ortho nitro benzene ring substituents is 1. The summed E-state index contributed by atoms with van der Waals surface area (Å²) < 4.78 is 40.1. The number of benzene rings is 1. The number of rotatable bonds is 5. The van der Waals surface area contributed by atoms with Crippen molar-refractivity contribution in [3.8, 4) is 0 Å². The van der Waals surface area contributed by atoms with Gasteiger partial charge in [0.2, 0.25) is 11.0 Å². The molecule has 2 rings (SSSR count). The third-order valence-electron chi connectivity index (χ3n) is 2.52. The van der Waals surface area contributed by atoms with E-state index in [1.807, 2.05) is 0 Å². The van der Waals surface area contributed by atoms with E-state index < -0.39 is 16.9 Å². The van der Waals surface area contributed by atoms with Crippen LogP contribution >= 0.6 is 11.5 Å². The first-order chi connectivity index (χ1) is 9.86. The number of nitro benzene ring substituents is 1. The molecule has 1 aromatic carbocycles. The van der Waals surface area contributed by atoms with Gasteiger partial charge in [0.1, 0.15) is 0 Å². The topological polar surface area (TPSA) is 81.0 Å². The van der Waals surface area contributed by atoms with Crippen LogP contribution in [0.5, 0.6) is 0 Å². The molecule has 0 atom stereocenters. The van der Waals surface area contributed by atoms with Crippen molar-refractivity contribution in [1.82, 2.24) is 9.36 Å². The number of aromatic nitrogens is 2. The zero-order valence-electron chi connectivity index (χ0n) is 10.4. The van der Waals surface area contributed by atoms with Crippen molar-refractivity contribution in [2.75, 3.05) is 11.9 Å². The monoisotopic (exact) mass is 318 g/mol. The average molecular weight is 318 g/mol. The van der Waals surface area contributed by atoms with Gasteiger partial charge in [-0.05, 0) is 12.0 Å². The predicted molar refractivity (Wildman–Crippen MR) is 70.2 cm³/mol. The molecule has 0 unspecified atom stereocenters. The van der Waals surface area contributed by atoms with E-state index in [0.29, 0.717) is 24.5 Å². The van der Waals surface area contributed by atoms with Gasteiger partial charge in [-0.25, -0.2) is 0 Å². The Hall–Kier alpha value is -2.23. The largest absolute Gasteiger partial charge is 0.452 e. The maximum atomic E-state index is 12.3. The summed E-state index contributed by atoms with van der Waals surface area (Å²) in [5, 5.41) is 13.3. The molecule has 0 amide bonds. The molecule has 0 aliphatic rings. The fourth-order valence-electron chi connectivity index (χ4n) is 1.51. The van der Waals surface area contributed by atoms with Crippen LogP contribution in [0.4, 0.5) is 24.0 Å². The van der Waals surface area contributed by atoms with Crippen molar-refractivity contribution >= 4 is 22.4 Å². The molecule has 0 fully saturated rings. The molecule has 112 valence electrons. The van der Waals surface area contributed by atoms with E-state index in [2.05, 4.69) is 14.7 Å². The number of hydrogen-bond acceptors (Lipinski definition) is 6. The van der Waals surface area contributed by atoms with Gasteiger partial charge in [-0.2, -0.15) is 22.5 Å². The lowest BCUT2D eigenvalue weighted by atomic mass is 10.1. The fourth-order valence-corrected chi connectivity index (χ4v) is 2.12. The van der Waals surface area contributed by atoms with Crippen LogP contribution in [-0.4, -0.2) is 20.8 Å². The van der Waals surface area contributed by atoms with E-state index in [9.17, 15) is 23.3 Å². The Morgan fingerprint density at radius 1 is 1.29 bits per heavy atom. The van der Waals surface area contributed by atoms with Crippen LogP contribution in [0.1, 0.15) is 11.4 Å². The maximum Gasteiger partial charge on any atom is 0.452 e. The van der Waals surface area contributed by atoms with Crippen LogP contribution in [0.15, 0.2) is 24.3 Å². The SMILES string of the molecule is O=[N+]([O-])c1ccc(CCNc2nc(C(F)(F)F)ns2)cc1. The van der Waals surface area contributed by atoms with Crippen molar-refractivity contribution < 1.29 is 18.1 Å². The molecule has 1 heterocycles. The molecule has 0 bridgehead atoms. The molecule has 0 aliphatic heterocycles. The van der Waals surface area contributed by atoms with Crippen LogP contribution in [-0.2, 0) is 12.6 Å². The zero-order valence-corrected chi connectivity index (χ0v) is 11.2. The van der Waals surface area contributed by atoms with E-state index >= 15 is 0 Å². The standard InChI is InChI=1S/C11H9F3N4O2S/c12-11(13,14)9-16-10(21-17-9)15-6-5-7-1-3-8(4-2-7)18(19)20/h1-4H,5-6H2,(H,15,16,17). The van der Waals surface area contributed by atoms with Crippen molar-refractivity contribution in [2.45, 2.75) is 12.6 Å². The highest BCUT2D eigenvalue weighted by Gasteiger charge is 2.36. The van der Waals surface area contributed by atoms with E-state index in [1.165, 1.54) is 12.1 Å². The summed E-state index contributed by atoms with van der Waals surface area (Å²) in [7, 11) is 0. The molecule has 0 saturated carbocycles. The van der Waals surface area contributed by atoms with E-state index in [0.717, 1.165) is 5.56 Å². The summed E-state index contributed by atoms with van der Waals surface area (Å²) in [5.41, 5.74) is 0.819. The second kappa shape index (κ2) is 6.04. The Balaban J connectivity index is 1.86. The fraction of sp³-hybridized carbons (Fsp3) is 0.273. The van der Waals surface area contributed by atoms with Crippen LogP contribution in [0.25, 0.3) is 0 Å². The first kappa shape index (κ1) is 15.2. The van der Waals surface area contributed by atoms with Crippen LogP contribution < -0.4 is 5.32 Å². The molecular formula is C11H9F3N4O2S. The van der Waals surface area contributed by atoms with E-state index in [1.54, 1.807) is 12.1 Å². The van der Waals surface area contributed by atoms with Gasteiger partial charge in [0.05, 0.1) is 4.92 Å². The summed E-state index contributed by atoms with van der Waals surface area (Å²) in [5.74, 6) is -1.16. The summed E-state index contributed by atoms with van der Waals surface area (Å²) in [6.07, 6.45) is -4.05. The van der Waals surface area contributed by atoms with Crippen LogP contribution in [0, 0.1) is 10.1 Å². The zero-order chi connectivity index (χ0) is 15.5. The smallest absolute Gasteiger partial charge is 0.360 e. The lowest BCUT2D eigenvalue weighted by molar-refractivity contribution is -0.384. The Kier molecular flexibility index (Phi) is 4.36. The van der Waals surface area contributed by atoms with Crippen molar-refractivity contribution in [1.29, 1.82) is 0 Å². The molecular weight excluding hydrogens is 309 g/mol. The molecule has 10 heteroatoms. The number of halogens is 3. The minimum absolute atomic E-state index is 0.00866. The molecule has 1 aromatic heterocycles. The Morgan fingerprint density at radius 2 is 1.95 bits per heavy atom. The van der Waals surface area contributed by atoms with Gasteiger partial charge in [0.15, 0.2) is 0 Å². The van der Waals surface area contributed by atoms with Gasteiger partial charge in [-0.1, -0.05) is 12.1 Å². The van der Waals surface area contributed by atoms with Gasteiger partial charge in [0, 0.05) is 30.2 Å². The summed E-state index contributed by atoms with van der Waals surface area (Å²) >= 11 is 0.636. The number of nitrogens with zero attached hydrogens (tertiary/aromatic N) is 3. The van der Waals surface area contributed by atoms with Crippen molar-refractivity contribution in [2.24, 2.45) is 0 Å². The van der Waals surface area contributed by atoms with Crippen molar-refractivity contribution in [3.63, 3.8) is 0 Å². The lowest BCUT2D eigenvalue weighted by Gasteiger charge is -2.02. The molecule has 0 radical (unpaired) electrons. The Bertz CT molecular complexity index is 627. The van der Waals surface area contributed by atoms with Crippen LogP contribution in [0.2, 0.25) is 0 Å². The van der Waals surface area contributed by atoms with Gasteiger partial charge in [0.25, 0.3) is 5.69 Å². The number of alkyl halides is 3. The van der Waals surface area contributed by atoms with E-state index in [4.69, 9.17) is 0 Å². The van der Waals surface area contributed by atoms with E-state index in [-0.39, 0.29) is 10.8 Å². The Morgan fingerprint density at radius 3 is 2.48 bits per heavy atom. The van der Waals surface area contributed by atoms with Crippen LogP contribution in [0.3, 0.4) is 0 Å². The maximum absolute atomic E-state index is 12.3. The Labute approximate surface area is 121 Å². The highest BCUT2D eigenvalue weighted by Crippen LogP contribution is 2.28. The summed E-state index contributed by atoms with van der Waals surface area (Å²) in [6, 6.07) is 5.95. The first-order valence-corrected chi connectivity index (χ1v) is 6.52. The first-order valence-electron chi connectivity index (χ1n) is 5.74. The van der Waals surface area contributed by atoms with Gasteiger partial charge in [-0.15, -0.1) is 0 Å². The molecule has 2 aromatic rings. The average Bonchev–Trinajstić information content (AvgIpc) is 2.88. The van der Waals surface area contributed by atoms with Gasteiger partial charge < -0.3 is 5.32 Å². The number of nitrogens with one attached hydrogen (secondary N) is 1.